The molecular weight excluding hydrogens is 262 g/mol. The van der Waals surface area contributed by atoms with Crippen molar-refractivity contribution in [3.63, 3.8) is 0 Å². The highest BCUT2D eigenvalue weighted by molar-refractivity contribution is 5.93. The van der Waals surface area contributed by atoms with Gasteiger partial charge in [-0.05, 0) is 36.6 Å². The highest BCUT2D eigenvalue weighted by Gasteiger charge is 2.19. The van der Waals surface area contributed by atoms with Gasteiger partial charge in [0.1, 0.15) is 0 Å². The maximum Gasteiger partial charge on any atom is 0.238 e. The Morgan fingerprint density at radius 1 is 1.33 bits per heavy atom. The number of rotatable bonds is 7. The van der Waals surface area contributed by atoms with Crippen LogP contribution in [0, 0.1) is 5.41 Å². The third-order valence-electron chi connectivity index (χ3n) is 3.52. The van der Waals surface area contributed by atoms with Crippen LogP contribution in [0.25, 0.3) is 0 Å². The summed E-state index contributed by atoms with van der Waals surface area (Å²) in [5.41, 5.74) is 7.82. The molecule has 118 valence electrons. The Morgan fingerprint density at radius 2 is 1.95 bits per heavy atom. The van der Waals surface area contributed by atoms with Crippen molar-refractivity contribution < 1.29 is 4.79 Å². The molecule has 0 atom stereocenters. The van der Waals surface area contributed by atoms with Crippen molar-refractivity contribution in [1.82, 2.24) is 4.90 Å². The molecule has 0 heterocycles. The zero-order chi connectivity index (χ0) is 16.0. The lowest BCUT2D eigenvalue weighted by Gasteiger charge is -2.28. The molecule has 0 spiro atoms. The quantitative estimate of drug-likeness (QED) is 0.812. The van der Waals surface area contributed by atoms with Gasteiger partial charge in [-0.1, -0.05) is 45.9 Å². The fourth-order valence-electron chi connectivity index (χ4n) is 2.40. The van der Waals surface area contributed by atoms with Crippen LogP contribution in [0.3, 0.4) is 0 Å². The van der Waals surface area contributed by atoms with Crippen LogP contribution in [0.15, 0.2) is 24.3 Å². The third-order valence-corrected chi connectivity index (χ3v) is 3.52. The van der Waals surface area contributed by atoms with Gasteiger partial charge in [0.05, 0.1) is 6.54 Å². The van der Waals surface area contributed by atoms with Gasteiger partial charge >= 0.3 is 0 Å². The number of anilines is 1. The van der Waals surface area contributed by atoms with Gasteiger partial charge in [-0.3, -0.25) is 9.69 Å². The summed E-state index contributed by atoms with van der Waals surface area (Å²) in [6.07, 6.45) is 0. The molecule has 1 rings (SSSR count). The molecule has 0 aromatic heterocycles. The summed E-state index contributed by atoms with van der Waals surface area (Å²) in [5, 5.41) is 3.01. The van der Waals surface area contributed by atoms with Crippen LogP contribution in [0.5, 0.6) is 0 Å². The Labute approximate surface area is 128 Å². The fourth-order valence-corrected chi connectivity index (χ4v) is 2.40. The molecule has 0 aliphatic rings. The Morgan fingerprint density at radius 3 is 2.52 bits per heavy atom. The average molecular weight is 291 g/mol. The molecule has 0 saturated carbocycles. The molecule has 0 saturated heterocycles. The Hall–Kier alpha value is -1.39. The van der Waals surface area contributed by atoms with Gasteiger partial charge in [0.25, 0.3) is 0 Å². The molecule has 0 aliphatic carbocycles. The Balaban J connectivity index is 2.62. The Bertz CT molecular complexity index is 469. The first kappa shape index (κ1) is 17.7. The molecule has 4 nitrogen and oxygen atoms in total. The van der Waals surface area contributed by atoms with Gasteiger partial charge in [-0.2, -0.15) is 0 Å². The van der Waals surface area contributed by atoms with Crippen LogP contribution >= 0.6 is 0 Å². The zero-order valence-corrected chi connectivity index (χ0v) is 13.9. The number of carbonyl (C=O) groups excluding carboxylic acids is 1. The minimum atomic E-state index is 0.0124. The molecule has 0 radical (unpaired) electrons. The predicted octanol–water partition coefficient (Wildman–Crippen LogP) is 2.67. The van der Waals surface area contributed by atoms with Crippen LogP contribution in [0.4, 0.5) is 5.69 Å². The van der Waals surface area contributed by atoms with E-state index >= 15 is 0 Å². The highest BCUT2D eigenvalue weighted by atomic mass is 16.2. The topological polar surface area (TPSA) is 58.4 Å². The molecule has 1 aromatic rings. The minimum Gasteiger partial charge on any atom is -0.330 e. The lowest BCUT2D eigenvalue weighted by molar-refractivity contribution is -0.117. The summed E-state index contributed by atoms with van der Waals surface area (Å²) >= 11 is 0. The number of nitrogens with two attached hydrogens (primary N) is 1. The van der Waals surface area contributed by atoms with Gasteiger partial charge in [0.15, 0.2) is 0 Å². The molecule has 0 fully saturated rings. The van der Waals surface area contributed by atoms with Crippen molar-refractivity contribution >= 4 is 11.6 Å². The molecule has 0 bridgehead atoms. The summed E-state index contributed by atoms with van der Waals surface area (Å²) in [7, 11) is 1.95. The molecule has 0 aliphatic heterocycles. The molecular formula is C17H29N3O. The van der Waals surface area contributed by atoms with Crippen molar-refractivity contribution in [2.45, 2.75) is 33.6 Å². The second-order valence-electron chi connectivity index (χ2n) is 6.83. The van der Waals surface area contributed by atoms with Gasteiger partial charge in [0.2, 0.25) is 5.91 Å². The van der Waals surface area contributed by atoms with Gasteiger partial charge < -0.3 is 11.1 Å². The average Bonchev–Trinajstić information content (AvgIpc) is 2.38. The molecule has 21 heavy (non-hydrogen) atoms. The molecule has 0 unspecified atom stereocenters. The van der Waals surface area contributed by atoms with Crippen molar-refractivity contribution in [2.24, 2.45) is 11.1 Å². The van der Waals surface area contributed by atoms with E-state index in [2.05, 4.69) is 39.1 Å². The van der Waals surface area contributed by atoms with Crippen molar-refractivity contribution in [3.8, 4) is 0 Å². The smallest absolute Gasteiger partial charge is 0.238 e. The molecule has 1 aromatic carbocycles. The van der Waals surface area contributed by atoms with E-state index in [9.17, 15) is 4.79 Å². The first-order valence-electron chi connectivity index (χ1n) is 7.52. The molecule has 3 N–H and O–H groups in total. The lowest BCUT2D eigenvalue weighted by atomic mass is 9.93. The van der Waals surface area contributed by atoms with Crippen LogP contribution in [0.2, 0.25) is 0 Å². The monoisotopic (exact) mass is 291 g/mol. The summed E-state index contributed by atoms with van der Waals surface area (Å²) in [6.45, 7) is 10.2. The van der Waals surface area contributed by atoms with Crippen LogP contribution < -0.4 is 11.1 Å². The first-order valence-corrected chi connectivity index (χ1v) is 7.52. The summed E-state index contributed by atoms with van der Waals surface area (Å²) in [4.78, 5) is 14.2. The maximum absolute atomic E-state index is 12.2. The van der Waals surface area contributed by atoms with Gasteiger partial charge in [-0.15, -0.1) is 0 Å². The maximum atomic E-state index is 12.2. The van der Waals surface area contributed by atoms with E-state index < -0.39 is 0 Å². The highest BCUT2D eigenvalue weighted by Crippen LogP contribution is 2.23. The van der Waals surface area contributed by atoms with Crippen LogP contribution in [0.1, 0.15) is 39.2 Å². The van der Waals surface area contributed by atoms with E-state index in [0.29, 0.717) is 19.0 Å². The first-order chi connectivity index (χ1) is 9.75. The summed E-state index contributed by atoms with van der Waals surface area (Å²) in [6, 6.07) is 7.96. The number of hydrogen-bond donors (Lipinski definition) is 2. The minimum absolute atomic E-state index is 0.0124. The van der Waals surface area contributed by atoms with E-state index in [4.69, 9.17) is 5.73 Å². The van der Waals surface area contributed by atoms with Crippen LogP contribution in [-0.2, 0) is 4.79 Å². The summed E-state index contributed by atoms with van der Waals surface area (Å²) in [5.74, 6) is 0.397. The van der Waals surface area contributed by atoms with Gasteiger partial charge in [-0.25, -0.2) is 0 Å². The van der Waals surface area contributed by atoms with E-state index in [0.717, 1.165) is 17.8 Å². The largest absolute Gasteiger partial charge is 0.330 e. The van der Waals surface area contributed by atoms with E-state index in [1.54, 1.807) is 0 Å². The number of hydrogen-bond acceptors (Lipinski definition) is 3. The summed E-state index contributed by atoms with van der Waals surface area (Å²) < 4.78 is 0. The predicted molar refractivity (Wildman–Crippen MR) is 89.5 cm³/mol. The Kier molecular flexibility index (Phi) is 6.37. The number of carbonyl (C=O) groups is 1. The SMILES string of the molecule is CC(C)c1ccccc1NC(=O)CN(C)CC(C)(C)CN. The lowest BCUT2D eigenvalue weighted by Crippen LogP contribution is -2.40. The zero-order valence-electron chi connectivity index (χ0n) is 13.9. The van der Waals surface area contributed by atoms with Crippen molar-refractivity contribution in [3.05, 3.63) is 29.8 Å². The van der Waals surface area contributed by atoms with E-state index in [-0.39, 0.29) is 11.3 Å². The second-order valence-corrected chi connectivity index (χ2v) is 6.83. The number of likely N-dealkylation sites (N-methyl/N-ethyl adjacent to an activating group) is 1. The standard InChI is InChI=1S/C17H29N3O/c1-13(2)14-8-6-7-9-15(14)19-16(21)10-20(5)12-17(3,4)11-18/h6-9,13H,10-12,18H2,1-5H3,(H,19,21). The number of nitrogens with one attached hydrogen (secondary N) is 1. The number of para-hydroxylation sites is 1. The number of amides is 1. The molecule has 1 amide bonds. The normalized spacial score (nSPS) is 12.0. The number of nitrogens with zero attached hydrogens (tertiary/aromatic N) is 1. The van der Waals surface area contributed by atoms with Crippen LogP contribution in [-0.4, -0.2) is 37.5 Å². The second kappa shape index (κ2) is 7.57. The van der Waals surface area contributed by atoms with Gasteiger partial charge in [0, 0.05) is 12.2 Å². The van der Waals surface area contributed by atoms with E-state index in [1.807, 2.05) is 30.1 Å². The molecule has 4 heteroatoms. The van der Waals surface area contributed by atoms with E-state index in [1.165, 1.54) is 0 Å². The third kappa shape index (κ3) is 5.86. The fraction of sp³-hybridized carbons (Fsp3) is 0.588. The van der Waals surface area contributed by atoms with Crippen molar-refractivity contribution in [1.29, 1.82) is 0 Å². The van der Waals surface area contributed by atoms with Crippen molar-refractivity contribution in [2.75, 3.05) is 32.0 Å². The number of benzene rings is 1.